The third kappa shape index (κ3) is 4.89. The Morgan fingerprint density at radius 3 is 2.65 bits per heavy atom. The highest BCUT2D eigenvalue weighted by Gasteiger charge is 2.30. The van der Waals surface area contributed by atoms with Crippen LogP contribution in [0.1, 0.15) is 32.6 Å². The van der Waals surface area contributed by atoms with Gasteiger partial charge in [-0.05, 0) is 38.4 Å². The van der Waals surface area contributed by atoms with Crippen molar-refractivity contribution in [3.05, 3.63) is 0 Å². The molecule has 1 saturated carbocycles. The Morgan fingerprint density at radius 2 is 2.05 bits per heavy atom. The Kier molecular flexibility index (Phi) is 5.57. The van der Waals surface area contributed by atoms with E-state index in [2.05, 4.69) is 27.9 Å². The first-order valence-corrected chi connectivity index (χ1v) is 8.48. The number of nitrogens with zero attached hydrogens (tertiary/aromatic N) is 1. The molecule has 1 aliphatic heterocycles. The normalized spacial score (nSPS) is 26.4. The first-order chi connectivity index (χ1) is 9.63. The van der Waals surface area contributed by atoms with Crippen LogP contribution in [-0.2, 0) is 4.79 Å². The van der Waals surface area contributed by atoms with Crippen LogP contribution in [0.15, 0.2) is 4.99 Å². The predicted molar refractivity (Wildman–Crippen MR) is 85.2 cm³/mol. The molecule has 1 amide bonds. The number of aliphatic imine (C=N–C) groups is 1. The smallest absolute Gasteiger partial charge is 0.223 e. The molecule has 2 rings (SSSR count). The van der Waals surface area contributed by atoms with Crippen LogP contribution in [0.2, 0.25) is 0 Å². The quantitative estimate of drug-likeness (QED) is 0.388. The highest BCUT2D eigenvalue weighted by molar-refractivity contribution is 8.00. The molecular formula is C14H26N4OS. The predicted octanol–water partition coefficient (Wildman–Crippen LogP) is 0.963. The first-order valence-electron chi connectivity index (χ1n) is 7.49. The lowest BCUT2D eigenvalue weighted by molar-refractivity contribution is -0.122. The van der Waals surface area contributed by atoms with Gasteiger partial charge in [0.05, 0.1) is 0 Å². The molecule has 1 saturated heterocycles. The molecule has 0 aromatic carbocycles. The summed E-state index contributed by atoms with van der Waals surface area (Å²) in [5.74, 6) is 2.56. The van der Waals surface area contributed by atoms with E-state index in [0.717, 1.165) is 25.3 Å². The number of rotatable bonds is 6. The Bertz CT molecular complexity index is 362. The van der Waals surface area contributed by atoms with E-state index < -0.39 is 0 Å². The molecule has 1 heterocycles. The molecule has 20 heavy (non-hydrogen) atoms. The van der Waals surface area contributed by atoms with Gasteiger partial charge in [0.15, 0.2) is 5.96 Å². The summed E-state index contributed by atoms with van der Waals surface area (Å²) in [6.07, 6.45) is 4.68. The molecule has 1 aliphatic carbocycles. The maximum atomic E-state index is 11.5. The summed E-state index contributed by atoms with van der Waals surface area (Å²) < 4.78 is 0.331. The summed E-state index contributed by atoms with van der Waals surface area (Å²) in [4.78, 5) is 15.7. The van der Waals surface area contributed by atoms with Crippen LogP contribution < -0.4 is 16.0 Å². The zero-order chi connectivity index (χ0) is 14.4. The van der Waals surface area contributed by atoms with Crippen LogP contribution in [0.4, 0.5) is 0 Å². The lowest BCUT2D eigenvalue weighted by Gasteiger charge is -2.24. The van der Waals surface area contributed by atoms with Crippen molar-refractivity contribution in [1.29, 1.82) is 0 Å². The van der Waals surface area contributed by atoms with Gasteiger partial charge in [-0.2, -0.15) is 11.8 Å². The number of guanidine groups is 1. The number of nitrogens with one attached hydrogen (secondary N) is 3. The highest BCUT2D eigenvalue weighted by Crippen LogP contribution is 2.36. The average molecular weight is 298 g/mol. The van der Waals surface area contributed by atoms with Gasteiger partial charge in [0, 0.05) is 37.3 Å². The fraction of sp³-hybridized carbons (Fsp3) is 0.857. The number of carbonyl (C=O) groups is 1. The SMILES string of the molecule is CN=C(NCCNC(=O)C1CC1)NCC1(C)CCCS1. The molecule has 5 nitrogen and oxygen atoms in total. The monoisotopic (exact) mass is 298 g/mol. The molecule has 0 radical (unpaired) electrons. The van der Waals surface area contributed by atoms with Crippen LogP contribution in [0, 0.1) is 5.92 Å². The van der Waals surface area contributed by atoms with Gasteiger partial charge in [0.25, 0.3) is 0 Å². The molecule has 114 valence electrons. The summed E-state index contributed by atoms with van der Waals surface area (Å²) in [5, 5.41) is 9.56. The average Bonchev–Trinajstić information content (AvgIpc) is 3.21. The summed E-state index contributed by atoms with van der Waals surface area (Å²) in [5.41, 5.74) is 0. The van der Waals surface area contributed by atoms with Crippen molar-refractivity contribution in [3.63, 3.8) is 0 Å². The molecule has 2 fully saturated rings. The Hall–Kier alpha value is -0.910. The largest absolute Gasteiger partial charge is 0.355 e. The summed E-state index contributed by atoms with van der Waals surface area (Å²) in [7, 11) is 1.78. The second-order valence-corrected chi connectivity index (χ2v) is 7.50. The summed E-state index contributed by atoms with van der Waals surface area (Å²) >= 11 is 2.04. The van der Waals surface area contributed by atoms with Gasteiger partial charge >= 0.3 is 0 Å². The maximum Gasteiger partial charge on any atom is 0.223 e. The van der Waals surface area contributed by atoms with Gasteiger partial charge in [-0.15, -0.1) is 0 Å². The molecule has 0 spiro atoms. The van der Waals surface area contributed by atoms with Gasteiger partial charge in [-0.1, -0.05) is 0 Å². The topological polar surface area (TPSA) is 65.5 Å². The van der Waals surface area contributed by atoms with Gasteiger partial charge in [0.1, 0.15) is 0 Å². The number of amides is 1. The molecule has 0 aromatic heterocycles. The standard InChI is InChI=1S/C14H26N4OS/c1-14(6-3-9-20-14)10-18-13(15-2)17-8-7-16-12(19)11-4-5-11/h11H,3-10H2,1-2H3,(H,16,19)(H2,15,17,18). The molecule has 3 N–H and O–H groups in total. The molecule has 2 aliphatic rings. The van der Waals surface area contributed by atoms with Crippen LogP contribution in [-0.4, -0.2) is 49.0 Å². The van der Waals surface area contributed by atoms with Gasteiger partial charge in [-0.3, -0.25) is 9.79 Å². The fourth-order valence-electron chi connectivity index (χ4n) is 2.32. The third-order valence-corrected chi connectivity index (χ3v) is 5.36. The van der Waals surface area contributed by atoms with Crippen LogP contribution in [0.5, 0.6) is 0 Å². The minimum Gasteiger partial charge on any atom is -0.355 e. The lowest BCUT2D eigenvalue weighted by atomic mass is 10.1. The fourth-order valence-corrected chi connectivity index (χ4v) is 3.57. The molecule has 0 aromatic rings. The molecule has 1 unspecified atom stereocenters. The van der Waals surface area contributed by atoms with E-state index in [1.54, 1.807) is 7.05 Å². The second-order valence-electron chi connectivity index (χ2n) is 5.82. The Balaban J connectivity index is 1.58. The van der Waals surface area contributed by atoms with Crippen molar-refractivity contribution in [1.82, 2.24) is 16.0 Å². The van der Waals surface area contributed by atoms with Crippen molar-refractivity contribution in [3.8, 4) is 0 Å². The minimum absolute atomic E-state index is 0.199. The summed E-state index contributed by atoms with van der Waals surface area (Å²) in [6, 6.07) is 0. The second kappa shape index (κ2) is 7.20. The maximum absolute atomic E-state index is 11.5. The Morgan fingerprint density at radius 1 is 1.30 bits per heavy atom. The van der Waals surface area contributed by atoms with E-state index in [4.69, 9.17) is 0 Å². The van der Waals surface area contributed by atoms with E-state index >= 15 is 0 Å². The zero-order valence-corrected chi connectivity index (χ0v) is 13.3. The van der Waals surface area contributed by atoms with Gasteiger partial charge < -0.3 is 16.0 Å². The van der Waals surface area contributed by atoms with Gasteiger partial charge in [0.2, 0.25) is 5.91 Å². The zero-order valence-electron chi connectivity index (χ0n) is 12.5. The number of hydrogen-bond donors (Lipinski definition) is 3. The van der Waals surface area contributed by atoms with Crippen molar-refractivity contribution in [2.45, 2.75) is 37.4 Å². The minimum atomic E-state index is 0.199. The lowest BCUT2D eigenvalue weighted by Crippen LogP contribution is -2.45. The van der Waals surface area contributed by atoms with E-state index in [0.29, 0.717) is 17.8 Å². The van der Waals surface area contributed by atoms with E-state index in [9.17, 15) is 4.79 Å². The number of carbonyl (C=O) groups excluding carboxylic acids is 1. The van der Waals surface area contributed by atoms with Crippen LogP contribution in [0.3, 0.4) is 0 Å². The van der Waals surface area contributed by atoms with Gasteiger partial charge in [-0.25, -0.2) is 0 Å². The van der Waals surface area contributed by atoms with E-state index in [1.807, 2.05) is 11.8 Å². The van der Waals surface area contributed by atoms with E-state index in [1.165, 1.54) is 18.6 Å². The van der Waals surface area contributed by atoms with Crippen LogP contribution >= 0.6 is 11.8 Å². The van der Waals surface area contributed by atoms with Crippen LogP contribution in [0.25, 0.3) is 0 Å². The Labute approximate surface area is 125 Å². The molecule has 0 bridgehead atoms. The molecule has 6 heteroatoms. The summed E-state index contributed by atoms with van der Waals surface area (Å²) in [6.45, 7) is 4.61. The van der Waals surface area contributed by atoms with Crippen molar-refractivity contribution in [2.24, 2.45) is 10.9 Å². The van der Waals surface area contributed by atoms with Crippen molar-refractivity contribution in [2.75, 3.05) is 32.4 Å². The number of thioether (sulfide) groups is 1. The highest BCUT2D eigenvalue weighted by atomic mass is 32.2. The molecule has 1 atom stereocenters. The number of hydrogen-bond acceptors (Lipinski definition) is 3. The first kappa shape index (κ1) is 15.5. The van der Waals surface area contributed by atoms with E-state index in [-0.39, 0.29) is 11.8 Å². The van der Waals surface area contributed by atoms with Crippen molar-refractivity contribution < 1.29 is 4.79 Å². The third-order valence-electron chi connectivity index (χ3n) is 3.82. The van der Waals surface area contributed by atoms with Crippen molar-refractivity contribution >= 4 is 23.6 Å². The molecular weight excluding hydrogens is 272 g/mol.